The summed E-state index contributed by atoms with van der Waals surface area (Å²) in [6.07, 6.45) is 17.0. The molecule has 140 valence electrons. The first-order valence-electron chi connectivity index (χ1n) is 10.6. The summed E-state index contributed by atoms with van der Waals surface area (Å²) in [4.78, 5) is 1.74. The van der Waals surface area contributed by atoms with Gasteiger partial charge in [-0.25, -0.2) is 10.6 Å². The van der Waals surface area contributed by atoms with Crippen LogP contribution in [-0.2, 0) is 9.47 Å². The third-order valence-electron chi connectivity index (χ3n) is 7.30. The fourth-order valence-corrected chi connectivity index (χ4v) is 6.18. The smallest absolute Gasteiger partial charge is 0.203 e. The summed E-state index contributed by atoms with van der Waals surface area (Å²) in [6.45, 7) is 3.14. The normalized spacial score (nSPS) is 52.3. The van der Waals surface area contributed by atoms with E-state index in [9.17, 15) is 0 Å². The third kappa shape index (κ3) is 2.88. The summed E-state index contributed by atoms with van der Waals surface area (Å²) < 4.78 is 13.0. The minimum Gasteiger partial charge on any atom is -0.360 e. The summed E-state index contributed by atoms with van der Waals surface area (Å²) in [5.41, 5.74) is -0.261. The van der Waals surface area contributed by atoms with Crippen molar-refractivity contribution >= 4 is 0 Å². The first-order chi connectivity index (χ1) is 12.2. The van der Waals surface area contributed by atoms with Crippen molar-refractivity contribution in [1.29, 1.82) is 0 Å². The predicted octanol–water partition coefficient (Wildman–Crippen LogP) is 1.41. The second kappa shape index (κ2) is 6.31. The highest BCUT2D eigenvalue weighted by atomic mass is 16.5. The molecule has 25 heavy (non-hydrogen) atoms. The van der Waals surface area contributed by atoms with Gasteiger partial charge in [-0.05, 0) is 38.5 Å². The zero-order chi connectivity index (χ0) is 16.9. The number of nitrogens with one attached hydrogen (secondary N) is 3. The summed E-state index contributed by atoms with van der Waals surface area (Å²) in [7, 11) is 0. The van der Waals surface area contributed by atoms with Gasteiger partial charge in [0.25, 0.3) is 0 Å². The maximum atomic E-state index is 6.67. The highest BCUT2D eigenvalue weighted by Crippen LogP contribution is 2.37. The molecule has 7 unspecified atom stereocenters. The number of rotatable bonds is 1. The molecule has 2 spiro atoms. The quantitative estimate of drug-likeness (QED) is 0.627. The SMILES string of the molecule is CCC1C=CCCC2(CC3CCC4CC5(CCCCO5)NC(N2)[NH+]43)O1. The lowest BCUT2D eigenvalue weighted by Crippen LogP contribution is -3.27. The van der Waals surface area contributed by atoms with Crippen molar-refractivity contribution in [3.63, 3.8) is 0 Å². The van der Waals surface area contributed by atoms with Gasteiger partial charge >= 0.3 is 0 Å². The second-order valence-electron chi connectivity index (χ2n) is 8.93. The number of ether oxygens (including phenoxy) is 2. The number of allylic oxidation sites excluding steroid dienone is 1. The molecule has 5 rings (SSSR count). The Hall–Kier alpha value is -0.460. The van der Waals surface area contributed by atoms with Crippen LogP contribution in [0.1, 0.15) is 71.1 Å². The van der Waals surface area contributed by atoms with Gasteiger partial charge in [-0.15, -0.1) is 0 Å². The van der Waals surface area contributed by atoms with Gasteiger partial charge in [-0.3, -0.25) is 0 Å². The molecule has 0 aromatic heterocycles. The van der Waals surface area contributed by atoms with Crippen LogP contribution < -0.4 is 15.5 Å². The fourth-order valence-electron chi connectivity index (χ4n) is 6.18. The average molecular weight is 349 g/mol. The lowest BCUT2D eigenvalue weighted by Gasteiger charge is -2.55. The van der Waals surface area contributed by atoms with Gasteiger partial charge in [-0.2, -0.15) is 0 Å². The molecule has 0 amide bonds. The Labute approximate surface area is 151 Å². The Morgan fingerprint density at radius 3 is 2.64 bits per heavy atom. The zero-order valence-corrected chi connectivity index (χ0v) is 15.6. The van der Waals surface area contributed by atoms with Crippen LogP contribution >= 0.6 is 0 Å². The molecule has 0 saturated carbocycles. The van der Waals surface area contributed by atoms with E-state index in [0.29, 0.717) is 0 Å². The van der Waals surface area contributed by atoms with Gasteiger partial charge in [0.2, 0.25) is 6.29 Å². The molecule has 4 fully saturated rings. The molecule has 5 heteroatoms. The molecule has 5 aliphatic heterocycles. The molecule has 7 atom stereocenters. The van der Waals surface area contributed by atoms with Gasteiger partial charge in [0.05, 0.1) is 18.2 Å². The van der Waals surface area contributed by atoms with E-state index in [4.69, 9.17) is 9.47 Å². The molecule has 3 N–H and O–H groups in total. The van der Waals surface area contributed by atoms with Crippen LogP contribution in [0.2, 0.25) is 0 Å². The lowest BCUT2D eigenvalue weighted by atomic mass is 9.90. The first kappa shape index (κ1) is 16.7. The van der Waals surface area contributed by atoms with Crippen LogP contribution in [0.25, 0.3) is 0 Å². The molecular formula is C20H34N3O2+. The molecule has 5 nitrogen and oxygen atoms in total. The Morgan fingerprint density at radius 2 is 1.88 bits per heavy atom. The van der Waals surface area contributed by atoms with Crippen LogP contribution in [0.5, 0.6) is 0 Å². The van der Waals surface area contributed by atoms with Crippen molar-refractivity contribution in [1.82, 2.24) is 10.6 Å². The van der Waals surface area contributed by atoms with E-state index >= 15 is 0 Å². The van der Waals surface area contributed by atoms with Crippen molar-refractivity contribution in [2.24, 2.45) is 0 Å². The maximum absolute atomic E-state index is 6.67. The van der Waals surface area contributed by atoms with E-state index in [1.165, 1.54) is 32.1 Å². The molecule has 0 aliphatic carbocycles. The number of hydrogen-bond acceptors (Lipinski definition) is 4. The fraction of sp³-hybridized carbons (Fsp3) is 0.900. The minimum atomic E-state index is -0.169. The van der Waals surface area contributed by atoms with E-state index in [1.807, 2.05) is 0 Å². The third-order valence-corrected chi connectivity index (χ3v) is 7.30. The van der Waals surface area contributed by atoms with Crippen molar-refractivity contribution in [2.45, 2.75) is 107 Å². The highest BCUT2D eigenvalue weighted by molar-refractivity contribution is 5.02. The Balaban J connectivity index is 1.41. The van der Waals surface area contributed by atoms with Crippen LogP contribution in [-0.4, -0.2) is 42.5 Å². The van der Waals surface area contributed by atoms with Gasteiger partial charge in [-0.1, -0.05) is 19.1 Å². The van der Waals surface area contributed by atoms with Crippen molar-refractivity contribution in [3.05, 3.63) is 12.2 Å². The van der Waals surface area contributed by atoms with Gasteiger partial charge in [0.15, 0.2) is 0 Å². The predicted molar refractivity (Wildman–Crippen MR) is 95.9 cm³/mol. The maximum Gasteiger partial charge on any atom is 0.203 e. The zero-order valence-electron chi connectivity index (χ0n) is 15.6. The molecule has 5 aliphatic rings. The van der Waals surface area contributed by atoms with Crippen LogP contribution in [0, 0.1) is 0 Å². The minimum absolute atomic E-state index is 0.0926. The molecule has 0 aromatic carbocycles. The van der Waals surface area contributed by atoms with Gasteiger partial charge in [0, 0.05) is 32.3 Å². The molecule has 0 radical (unpaired) electrons. The van der Waals surface area contributed by atoms with Crippen molar-refractivity contribution in [2.75, 3.05) is 6.61 Å². The molecule has 0 aromatic rings. The summed E-state index contributed by atoms with van der Waals surface area (Å²) in [6, 6.07) is 1.46. The van der Waals surface area contributed by atoms with Crippen LogP contribution in [0.15, 0.2) is 12.2 Å². The summed E-state index contributed by atoms with van der Waals surface area (Å²) in [5, 5.41) is 7.88. The topological polar surface area (TPSA) is 47.0 Å². The average Bonchev–Trinajstić information content (AvgIpc) is 2.90. The molecule has 5 heterocycles. The Kier molecular flexibility index (Phi) is 4.21. The van der Waals surface area contributed by atoms with E-state index in [2.05, 4.69) is 29.7 Å². The van der Waals surface area contributed by atoms with Crippen molar-refractivity contribution < 1.29 is 14.4 Å². The Bertz CT molecular complexity index is 533. The number of quaternary nitrogens is 1. The second-order valence-corrected chi connectivity index (χ2v) is 8.93. The molecule has 0 bridgehead atoms. The first-order valence-corrected chi connectivity index (χ1v) is 10.6. The van der Waals surface area contributed by atoms with Crippen molar-refractivity contribution in [3.8, 4) is 0 Å². The van der Waals surface area contributed by atoms with E-state index < -0.39 is 0 Å². The highest BCUT2D eigenvalue weighted by Gasteiger charge is 2.59. The molecule has 4 saturated heterocycles. The van der Waals surface area contributed by atoms with E-state index in [0.717, 1.165) is 50.8 Å². The van der Waals surface area contributed by atoms with Crippen LogP contribution in [0.3, 0.4) is 0 Å². The largest absolute Gasteiger partial charge is 0.360 e. The monoisotopic (exact) mass is 348 g/mol. The van der Waals surface area contributed by atoms with Gasteiger partial charge in [0.1, 0.15) is 11.4 Å². The lowest BCUT2D eigenvalue weighted by molar-refractivity contribution is -0.982. The summed E-state index contributed by atoms with van der Waals surface area (Å²) in [5.74, 6) is 0. The van der Waals surface area contributed by atoms with E-state index in [1.54, 1.807) is 4.90 Å². The van der Waals surface area contributed by atoms with E-state index in [-0.39, 0.29) is 23.8 Å². The Morgan fingerprint density at radius 1 is 1.08 bits per heavy atom. The van der Waals surface area contributed by atoms with Crippen LogP contribution in [0.4, 0.5) is 0 Å². The number of hydrogen-bond donors (Lipinski definition) is 3. The molecular weight excluding hydrogens is 314 g/mol. The summed E-state index contributed by atoms with van der Waals surface area (Å²) >= 11 is 0. The van der Waals surface area contributed by atoms with Gasteiger partial charge < -0.3 is 14.4 Å². The standard InChI is InChI=1S/C20H33N3O2/c1-2-17-7-3-4-11-20(25-17)14-16-9-8-15-13-19(10-5-6-12-24-19)21-18(22-20)23(15)16/h3,7,15-18,21-22H,2,4-6,8-14H2,1H3/p+1.